The van der Waals surface area contributed by atoms with Gasteiger partial charge < -0.3 is 14.6 Å². The van der Waals surface area contributed by atoms with Gasteiger partial charge in [0.2, 0.25) is 0 Å². The fraction of sp³-hybridized carbons (Fsp3) is 0.300. The normalized spacial score (nSPS) is 10.2. The Kier molecular flexibility index (Phi) is 3.38. The van der Waals surface area contributed by atoms with E-state index in [4.69, 9.17) is 4.52 Å². The third-order valence-corrected chi connectivity index (χ3v) is 3.02. The summed E-state index contributed by atoms with van der Waals surface area (Å²) in [4.78, 5) is 16.3. The molecule has 0 saturated carbocycles. The maximum Gasteiger partial charge on any atom is 0.357 e. The van der Waals surface area contributed by atoms with Gasteiger partial charge in [0.1, 0.15) is 12.0 Å². The van der Waals surface area contributed by atoms with Crippen molar-refractivity contribution in [2.24, 2.45) is 0 Å². The fourth-order valence-corrected chi connectivity index (χ4v) is 2.05. The Bertz CT molecular complexity index is 507. The molecule has 7 heteroatoms. The van der Waals surface area contributed by atoms with Gasteiger partial charge in [-0.1, -0.05) is 5.16 Å². The van der Waals surface area contributed by atoms with E-state index in [-0.39, 0.29) is 0 Å². The Morgan fingerprint density at radius 3 is 3.12 bits per heavy atom. The van der Waals surface area contributed by atoms with E-state index in [2.05, 4.69) is 20.2 Å². The monoisotopic (exact) mass is 253 g/mol. The smallest absolute Gasteiger partial charge is 0.357 e. The van der Waals surface area contributed by atoms with E-state index in [1.54, 1.807) is 6.07 Å². The molecule has 0 aromatic carbocycles. The molecule has 0 aliphatic rings. The highest BCUT2D eigenvalue weighted by Crippen LogP contribution is 2.22. The van der Waals surface area contributed by atoms with E-state index in [1.807, 2.05) is 6.92 Å². The van der Waals surface area contributed by atoms with Crippen molar-refractivity contribution in [1.29, 1.82) is 0 Å². The van der Waals surface area contributed by atoms with Crippen LogP contribution in [0.15, 0.2) is 16.9 Å². The summed E-state index contributed by atoms with van der Waals surface area (Å²) < 4.78 is 9.34. The summed E-state index contributed by atoms with van der Waals surface area (Å²) in [6.07, 6.45) is 1.50. The first kappa shape index (κ1) is 11.6. The highest BCUT2D eigenvalue weighted by molar-refractivity contribution is 7.15. The minimum Gasteiger partial charge on any atom is -0.464 e. The van der Waals surface area contributed by atoms with Crippen LogP contribution < -0.4 is 5.32 Å². The lowest BCUT2D eigenvalue weighted by Gasteiger charge is -1.97. The Morgan fingerprint density at radius 1 is 1.65 bits per heavy atom. The van der Waals surface area contributed by atoms with Crippen molar-refractivity contribution in [2.75, 3.05) is 12.4 Å². The molecular formula is C10H11N3O3S. The molecule has 0 amide bonds. The van der Waals surface area contributed by atoms with Crippen LogP contribution in [0.25, 0.3) is 0 Å². The third kappa shape index (κ3) is 2.62. The van der Waals surface area contributed by atoms with Gasteiger partial charge in [0.15, 0.2) is 10.8 Å². The van der Waals surface area contributed by atoms with Crippen molar-refractivity contribution < 1.29 is 14.1 Å². The number of hydrogen-bond acceptors (Lipinski definition) is 7. The predicted molar refractivity (Wildman–Crippen MR) is 62.0 cm³/mol. The summed E-state index contributed by atoms with van der Waals surface area (Å²) in [6.45, 7) is 2.33. The van der Waals surface area contributed by atoms with Crippen LogP contribution in [0.5, 0.6) is 0 Å². The Balaban J connectivity index is 2.05. The van der Waals surface area contributed by atoms with Crippen molar-refractivity contribution in [2.45, 2.75) is 13.5 Å². The number of carbonyl (C=O) groups excluding carboxylic acids is 1. The number of carbonyl (C=O) groups is 1. The highest BCUT2D eigenvalue weighted by Gasteiger charge is 2.15. The Hall–Kier alpha value is -1.89. The first-order chi connectivity index (χ1) is 8.20. The summed E-state index contributed by atoms with van der Waals surface area (Å²) in [5.41, 5.74) is 1.12. The van der Waals surface area contributed by atoms with Gasteiger partial charge in [0, 0.05) is 10.9 Å². The lowest BCUT2D eigenvalue weighted by atomic mass is 10.4. The predicted octanol–water partition coefficient (Wildman–Crippen LogP) is 1.84. The van der Waals surface area contributed by atoms with Gasteiger partial charge in [-0.05, 0) is 6.92 Å². The number of nitrogens with zero attached hydrogens (tertiary/aromatic N) is 2. The average Bonchev–Trinajstić information content (AvgIpc) is 2.94. The average molecular weight is 253 g/mol. The van der Waals surface area contributed by atoms with E-state index in [0.29, 0.717) is 17.4 Å². The zero-order valence-corrected chi connectivity index (χ0v) is 10.2. The fourth-order valence-electron chi connectivity index (χ4n) is 1.25. The summed E-state index contributed by atoms with van der Waals surface area (Å²) in [5.74, 6) is -0.423. The van der Waals surface area contributed by atoms with Gasteiger partial charge in [-0.3, -0.25) is 0 Å². The minimum atomic E-state index is -0.423. The Labute approximate surface area is 102 Å². The molecular weight excluding hydrogens is 242 g/mol. The molecule has 0 spiro atoms. The second-order valence-corrected chi connectivity index (χ2v) is 4.46. The van der Waals surface area contributed by atoms with E-state index in [0.717, 1.165) is 10.6 Å². The molecule has 6 nitrogen and oxygen atoms in total. The topological polar surface area (TPSA) is 77.2 Å². The second kappa shape index (κ2) is 4.96. The van der Waals surface area contributed by atoms with Crippen LogP contribution in [-0.4, -0.2) is 23.2 Å². The molecule has 0 aliphatic heterocycles. The summed E-state index contributed by atoms with van der Waals surface area (Å²) in [5, 5.41) is 7.48. The number of hydrogen-bond donors (Lipinski definition) is 1. The lowest BCUT2D eigenvalue weighted by Crippen LogP contribution is -2.04. The number of aromatic nitrogens is 2. The zero-order chi connectivity index (χ0) is 12.3. The number of anilines is 1. The molecule has 2 aromatic rings. The number of methoxy groups -OCH3 is 1. The molecule has 0 unspecified atom stereocenters. The van der Waals surface area contributed by atoms with Gasteiger partial charge in [0.25, 0.3) is 0 Å². The largest absolute Gasteiger partial charge is 0.464 e. The maximum atomic E-state index is 11.3. The molecule has 2 rings (SSSR count). The molecule has 90 valence electrons. The molecule has 17 heavy (non-hydrogen) atoms. The number of thiazole rings is 1. The van der Waals surface area contributed by atoms with Gasteiger partial charge in [-0.25, -0.2) is 9.78 Å². The van der Waals surface area contributed by atoms with E-state index in [1.165, 1.54) is 24.7 Å². The van der Waals surface area contributed by atoms with Crippen molar-refractivity contribution in [1.82, 2.24) is 10.1 Å². The SMILES string of the molecule is COC(=O)c1nc(NCc2ccon2)sc1C. The van der Waals surface area contributed by atoms with Crippen LogP contribution in [0, 0.1) is 6.92 Å². The zero-order valence-electron chi connectivity index (χ0n) is 9.39. The Morgan fingerprint density at radius 2 is 2.47 bits per heavy atom. The molecule has 2 aromatic heterocycles. The van der Waals surface area contributed by atoms with Crippen LogP contribution in [0.1, 0.15) is 21.1 Å². The molecule has 0 radical (unpaired) electrons. The van der Waals surface area contributed by atoms with Crippen molar-refractivity contribution in [3.63, 3.8) is 0 Å². The van der Waals surface area contributed by atoms with Crippen LogP contribution in [-0.2, 0) is 11.3 Å². The molecule has 2 heterocycles. The number of nitrogens with one attached hydrogen (secondary N) is 1. The van der Waals surface area contributed by atoms with E-state index < -0.39 is 5.97 Å². The molecule has 1 N–H and O–H groups in total. The summed E-state index contributed by atoms with van der Waals surface area (Å²) in [7, 11) is 1.34. The molecule has 0 saturated heterocycles. The second-order valence-electron chi connectivity index (χ2n) is 3.26. The van der Waals surface area contributed by atoms with E-state index in [9.17, 15) is 4.79 Å². The maximum absolute atomic E-state index is 11.3. The number of rotatable bonds is 4. The van der Waals surface area contributed by atoms with Crippen LogP contribution in [0.3, 0.4) is 0 Å². The van der Waals surface area contributed by atoms with E-state index >= 15 is 0 Å². The molecule has 0 fully saturated rings. The number of ether oxygens (including phenoxy) is 1. The van der Waals surface area contributed by atoms with Crippen LogP contribution in [0.2, 0.25) is 0 Å². The van der Waals surface area contributed by atoms with Crippen LogP contribution >= 0.6 is 11.3 Å². The van der Waals surface area contributed by atoms with Crippen molar-refractivity contribution >= 4 is 22.4 Å². The molecule has 0 atom stereocenters. The van der Waals surface area contributed by atoms with Gasteiger partial charge >= 0.3 is 5.97 Å². The lowest BCUT2D eigenvalue weighted by molar-refractivity contribution is 0.0594. The highest BCUT2D eigenvalue weighted by atomic mass is 32.1. The molecule has 0 bridgehead atoms. The number of esters is 1. The summed E-state index contributed by atoms with van der Waals surface area (Å²) >= 11 is 1.40. The first-order valence-corrected chi connectivity index (χ1v) is 5.71. The van der Waals surface area contributed by atoms with Gasteiger partial charge in [0.05, 0.1) is 13.7 Å². The quantitative estimate of drug-likeness (QED) is 0.838. The standard InChI is InChI=1S/C10H11N3O3S/c1-6-8(9(14)15-2)12-10(17-6)11-5-7-3-4-16-13-7/h3-4H,5H2,1-2H3,(H,11,12). The molecule has 0 aliphatic carbocycles. The van der Waals surface area contributed by atoms with Crippen molar-refractivity contribution in [3.05, 3.63) is 28.6 Å². The van der Waals surface area contributed by atoms with Crippen molar-refractivity contribution in [3.8, 4) is 0 Å². The summed E-state index contributed by atoms with van der Waals surface area (Å²) in [6, 6.07) is 1.76. The van der Waals surface area contributed by atoms with Gasteiger partial charge in [-0.15, -0.1) is 11.3 Å². The van der Waals surface area contributed by atoms with Crippen LogP contribution in [0.4, 0.5) is 5.13 Å². The van der Waals surface area contributed by atoms with Gasteiger partial charge in [-0.2, -0.15) is 0 Å². The third-order valence-electron chi connectivity index (χ3n) is 2.09. The minimum absolute atomic E-state index is 0.347. The number of aryl methyl sites for hydroxylation is 1. The first-order valence-electron chi connectivity index (χ1n) is 4.89.